The fourth-order valence-corrected chi connectivity index (χ4v) is 3.78. The first-order valence-electron chi connectivity index (χ1n) is 9.57. The van der Waals surface area contributed by atoms with Crippen LogP contribution in [0.2, 0.25) is 0 Å². The van der Waals surface area contributed by atoms with E-state index in [9.17, 15) is 9.59 Å². The van der Waals surface area contributed by atoms with Crippen molar-refractivity contribution in [1.82, 2.24) is 4.90 Å². The molecule has 0 N–H and O–H groups in total. The van der Waals surface area contributed by atoms with Gasteiger partial charge in [-0.2, -0.15) is 0 Å². The van der Waals surface area contributed by atoms with Crippen LogP contribution in [-0.2, 0) is 16.0 Å². The van der Waals surface area contributed by atoms with Crippen molar-refractivity contribution in [2.75, 3.05) is 24.5 Å². The number of ether oxygens (including phenoxy) is 1. The molecule has 0 radical (unpaired) electrons. The number of benzene rings is 2. The summed E-state index contributed by atoms with van der Waals surface area (Å²) in [4.78, 5) is 28.9. The fourth-order valence-electron chi connectivity index (χ4n) is 3.78. The van der Waals surface area contributed by atoms with Crippen molar-refractivity contribution in [3.8, 4) is 5.75 Å². The van der Waals surface area contributed by atoms with Gasteiger partial charge in [0, 0.05) is 12.2 Å². The first kappa shape index (κ1) is 17.6. The summed E-state index contributed by atoms with van der Waals surface area (Å²) in [5, 5.41) is 0. The van der Waals surface area contributed by atoms with Crippen LogP contribution in [0, 0.1) is 5.92 Å². The van der Waals surface area contributed by atoms with Gasteiger partial charge in [-0.15, -0.1) is 0 Å². The van der Waals surface area contributed by atoms with E-state index >= 15 is 0 Å². The molecule has 2 heterocycles. The molecule has 0 saturated carbocycles. The number of nitrogens with zero attached hydrogens (tertiary/aromatic N) is 2. The molecule has 2 aromatic carbocycles. The summed E-state index contributed by atoms with van der Waals surface area (Å²) in [7, 11) is 0. The Morgan fingerprint density at radius 1 is 1.07 bits per heavy atom. The molecule has 2 amide bonds. The van der Waals surface area contributed by atoms with Crippen LogP contribution in [-0.4, -0.2) is 42.5 Å². The van der Waals surface area contributed by atoms with E-state index in [0.29, 0.717) is 26.1 Å². The van der Waals surface area contributed by atoms with Gasteiger partial charge in [0.1, 0.15) is 17.8 Å². The topological polar surface area (TPSA) is 49.9 Å². The number of anilines is 1. The number of hydrogen-bond donors (Lipinski definition) is 0. The Hall–Kier alpha value is -2.82. The van der Waals surface area contributed by atoms with E-state index in [1.807, 2.05) is 48.5 Å². The van der Waals surface area contributed by atoms with Gasteiger partial charge in [0.2, 0.25) is 11.8 Å². The summed E-state index contributed by atoms with van der Waals surface area (Å²) in [6.45, 7) is 3.79. The highest BCUT2D eigenvalue weighted by atomic mass is 16.5. The summed E-state index contributed by atoms with van der Waals surface area (Å²) >= 11 is 0. The van der Waals surface area contributed by atoms with E-state index in [1.54, 1.807) is 9.80 Å². The third kappa shape index (κ3) is 3.42. The summed E-state index contributed by atoms with van der Waals surface area (Å²) in [6, 6.07) is 17.6. The second-order valence-electron chi connectivity index (χ2n) is 7.11. The van der Waals surface area contributed by atoms with Crippen molar-refractivity contribution < 1.29 is 14.3 Å². The monoisotopic (exact) mass is 364 g/mol. The van der Waals surface area contributed by atoms with Gasteiger partial charge in [0.15, 0.2) is 0 Å². The minimum atomic E-state index is -0.561. The van der Waals surface area contributed by atoms with Crippen LogP contribution in [0.25, 0.3) is 0 Å². The molecule has 2 aliphatic heterocycles. The Kier molecular flexibility index (Phi) is 4.84. The zero-order valence-electron chi connectivity index (χ0n) is 15.5. The van der Waals surface area contributed by atoms with E-state index in [1.165, 1.54) is 5.56 Å². The van der Waals surface area contributed by atoms with Crippen LogP contribution in [0.4, 0.5) is 5.69 Å². The summed E-state index contributed by atoms with van der Waals surface area (Å²) in [5.41, 5.74) is 2.03. The number of para-hydroxylation sites is 2. The largest absolute Gasteiger partial charge is 0.486 e. The van der Waals surface area contributed by atoms with Gasteiger partial charge in [0.05, 0.1) is 13.1 Å². The Morgan fingerprint density at radius 2 is 1.78 bits per heavy atom. The number of carbonyl (C=O) groups excluding carboxylic acids is 2. The SMILES string of the molecule is CCc1ccccc1OC1CN(C(=O)[C@@H]2CCN(c3ccccc3)C2=O)C1. The van der Waals surface area contributed by atoms with E-state index in [-0.39, 0.29) is 17.9 Å². The van der Waals surface area contributed by atoms with E-state index < -0.39 is 5.92 Å². The van der Waals surface area contributed by atoms with Crippen molar-refractivity contribution >= 4 is 17.5 Å². The average Bonchev–Trinajstić information content (AvgIpc) is 3.06. The molecule has 2 aliphatic rings. The molecule has 140 valence electrons. The van der Waals surface area contributed by atoms with Crippen molar-refractivity contribution in [3.63, 3.8) is 0 Å². The Balaban J connectivity index is 1.33. The van der Waals surface area contributed by atoms with E-state index in [2.05, 4.69) is 13.0 Å². The van der Waals surface area contributed by atoms with Crippen molar-refractivity contribution in [1.29, 1.82) is 0 Å². The third-order valence-corrected chi connectivity index (χ3v) is 5.38. The number of rotatable bonds is 5. The Morgan fingerprint density at radius 3 is 2.52 bits per heavy atom. The van der Waals surface area contributed by atoms with Gasteiger partial charge in [-0.3, -0.25) is 9.59 Å². The molecular formula is C22H24N2O3. The van der Waals surface area contributed by atoms with Gasteiger partial charge in [-0.05, 0) is 36.6 Å². The zero-order chi connectivity index (χ0) is 18.8. The fraction of sp³-hybridized carbons (Fsp3) is 0.364. The first-order valence-corrected chi connectivity index (χ1v) is 9.57. The maximum atomic E-state index is 12.8. The zero-order valence-corrected chi connectivity index (χ0v) is 15.5. The number of hydrogen-bond acceptors (Lipinski definition) is 3. The van der Waals surface area contributed by atoms with Gasteiger partial charge >= 0.3 is 0 Å². The highest BCUT2D eigenvalue weighted by Gasteiger charge is 2.43. The number of likely N-dealkylation sites (tertiary alicyclic amines) is 1. The van der Waals surface area contributed by atoms with Crippen molar-refractivity contribution in [2.45, 2.75) is 25.9 Å². The van der Waals surface area contributed by atoms with E-state index in [0.717, 1.165) is 17.9 Å². The molecule has 0 aliphatic carbocycles. The minimum absolute atomic E-state index is 0.00313. The van der Waals surface area contributed by atoms with Crippen LogP contribution in [0.15, 0.2) is 54.6 Å². The minimum Gasteiger partial charge on any atom is -0.486 e. The van der Waals surface area contributed by atoms with Crippen LogP contribution >= 0.6 is 0 Å². The van der Waals surface area contributed by atoms with Gasteiger partial charge in [0.25, 0.3) is 0 Å². The summed E-state index contributed by atoms with van der Waals surface area (Å²) in [5.74, 6) is 0.173. The smallest absolute Gasteiger partial charge is 0.239 e. The molecule has 5 heteroatoms. The molecule has 0 unspecified atom stereocenters. The van der Waals surface area contributed by atoms with E-state index in [4.69, 9.17) is 4.74 Å². The standard InChI is InChI=1S/C22H24N2O3/c1-2-16-8-6-7-11-20(16)27-18-14-23(15-18)21(25)19-12-13-24(22(19)26)17-9-4-3-5-10-17/h3-11,18-19H,2,12-15H2,1H3/t19-/m0/s1. The lowest BCUT2D eigenvalue weighted by atomic mass is 10.0. The molecular weight excluding hydrogens is 340 g/mol. The van der Waals surface area contributed by atoms with Crippen LogP contribution < -0.4 is 9.64 Å². The lowest BCUT2D eigenvalue weighted by molar-refractivity contribution is -0.147. The van der Waals surface area contributed by atoms with Crippen LogP contribution in [0.5, 0.6) is 5.75 Å². The highest BCUT2D eigenvalue weighted by molar-refractivity contribution is 6.09. The molecule has 1 atom stereocenters. The lowest BCUT2D eigenvalue weighted by Gasteiger charge is -2.40. The lowest BCUT2D eigenvalue weighted by Crippen LogP contribution is -2.58. The quantitative estimate of drug-likeness (QED) is 0.767. The molecule has 0 spiro atoms. The molecule has 2 saturated heterocycles. The van der Waals surface area contributed by atoms with Crippen LogP contribution in [0.3, 0.4) is 0 Å². The molecule has 5 nitrogen and oxygen atoms in total. The molecule has 4 rings (SSSR count). The number of aryl methyl sites for hydroxylation is 1. The average molecular weight is 364 g/mol. The number of amides is 2. The van der Waals surface area contributed by atoms with Gasteiger partial charge < -0.3 is 14.5 Å². The predicted octanol–water partition coefficient (Wildman–Crippen LogP) is 2.89. The maximum Gasteiger partial charge on any atom is 0.239 e. The first-order chi connectivity index (χ1) is 13.2. The Bertz CT molecular complexity index is 830. The molecule has 27 heavy (non-hydrogen) atoms. The highest BCUT2D eigenvalue weighted by Crippen LogP contribution is 2.29. The molecule has 2 fully saturated rings. The second kappa shape index (κ2) is 7.43. The maximum absolute atomic E-state index is 12.8. The van der Waals surface area contributed by atoms with Crippen molar-refractivity contribution in [2.24, 2.45) is 5.92 Å². The van der Waals surface area contributed by atoms with Crippen molar-refractivity contribution in [3.05, 3.63) is 60.2 Å². The number of carbonyl (C=O) groups is 2. The summed E-state index contributed by atoms with van der Waals surface area (Å²) < 4.78 is 6.04. The summed E-state index contributed by atoms with van der Waals surface area (Å²) in [6.07, 6.45) is 1.49. The predicted molar refractivity (Wildman–Crippen MR) is 104 cm³/mol. The molecule has 2 aromatic rings. The van der Waals surface area contributed by atoms with Gasteiger partial charge in [-0.1, -0.05) is 43.3 Å². The van der Waals surface area contributed by atoms with Gasteiger partial charge in [-0.25, -0.2) is 0 Å². The molecule has 0 aromatic heterocycles. The molecule has 0 bridgehead atoms. The van der Waals surface area contributed by atoms with Crippen LogP contribution in [0.1, 0.15) is 18.9 Å². The normalized spacial score (nSPS) is 19.9. The Labute approximate surface area is 159 Å². The second-order valence-corrected chi connectivity index (χ2v) is 7.11. The third-order valence-electron chi connectivity index (χ3n) is 5.38.